The Morgan fingerprint density at radius 1 is 1.47 bits per heavy atom. The summed E-state index contributed by atoms with van der Waals surface area (Å²) >= 11 is 0. The van der Waals surface area contributed by atoms with Crippen molar-refractivity contribution >= 4 is 11.9 Å². The Morgan fingerprint density at radius 3 is 2.53 bits per heavy atom. The fraction of sp³-hybridized carbons (Fsp3) is 0.600. The van der Waals surface area contributed by atoms with Crippen LogP contribution in [0, 0.1) is 5.41 Å². The van der Waals surface area contributed by atoms with Gasteiger partial charge >= 0.3 is 5.97 Å². The van der Waals surface area contributed by atoms with Crippen molar-refractivity contribution in [1.29, 1.82) is 0 Å². The van der Waals surface area contributed by atoms with E-state index in [-0.39, 0.29) is 6.54 Å². The van der Waals surface area contributed by atoms with Gasteiger partial charge in [-0.15, -0.1) is 5.10 Å². The third-order valence-corrected chi connectivity index (χ3v) is 2.20. The Balaban J connectivity index is 2.62. The monoisotopic (exact) mass is 240 g/mol. The van der Waals surface area contributed by atoms with Crippen LogP contribution in [-0.4, -0.2) is 38.0 Å². The van der Waals surface area contributed by atoms with Crippen LogP contribution in [0.2, 0.25) is 0 Å². The summed E-state index contributed by atoms with van der Waals surface area (Å²) in [6.07, 6.45) is 2.98. The maximum Gasteiger partial charge on any atom is 0.326 e. The van der Waals surface area contributed by atoms with Crippen LogP contribution in [0.4, 0.5) is 0 Å². The minimum absolute atomic E-state index is 0.0418. The average molecular weight is 240 g/mol. The van der Waals surface area contributed by atoms with Gasteiger partial charge in [0, 0.05) is 6.20 Å². The Bertz CT molecular complexity index is 394. The van der Waals surface area contributed by atoms with Crippen molar-refractivity contribution in [2.24, 2.45) is 5.41 Å². The van der Waals surface area contributed by atoms with Crippen molar-refractivity contribution < 1.29 is 14.7 Å². The molecule has 1 aromatic rings. The lowest BCUT2D eigenvalue weighted by molar-refractivity contribution is -0.145. The Hall–Kier alpha value is -1.92. The molecule has 1 atom stereocenters. The van der Waals surface area contributed by atoms with Gasteiger partial charge in [0.2, 0.25) is 5.91 Å². The first-order valence-corrected chi connectivity index (χ1v) is 5.17. The predicted molar refractivity (Wildman–Crippen MR) is 59.0 cm³/mol. The number of nitrogens with zero attached hydrogens (tertiary/aromatic N) is 3. The molecule has 1 rings (SSSR count). The first-order chi connectivity index (χ1) is 7.80. The number of carbonyl (C=O) groups is 2. The Labute approximate surface area is 98.8 Å². The molecule has 0 aromatic carbocycles. The van der Waals surface area contributed by atoms with Crippen molar-refractivity contribution in [2.75, 3.05) is 0 Å². The van der Waals surface area contributed by atoms with Gasteiger partial charge in [-0.2, -0.15) is 0 Å². The number of aliphatic carboxylic acids is 1. The largest absolute Gasteiger partial charge is 0.480 e. The summed E-state index contributed by atoms with van der Waals surface area (Å²) in [4.78, 5) is 22.6. The highest BCUT2D eigenvalue weighted by molar-refractivity contribution is 5.83. The van der Waals surface area contributed by atoms with E-state index in [4.69, 9.17) is 5.11 Å². The average Bonchev–Trinajstić information content (AvgIpc) is 2.64. The fourth-order valence-electron chi connectivity index (χ4n) is 1.32. The van der Waals surface area contributed by atoms with Crippen LogP contribution in [0.5, 0.6) is 0 Å². The number of amides is 1. The first kappa shape index (κ1) is 13.1. The van der Waals surface area contributed by atoms with E-state index in [9.17, 15) is 9.59 Å². The molecular formula is C10H16N4O3. The second-order valence-corrected chi connectivity index (χ2v) is 4.81. The van der Waals surface area contributed by atoms with E-state index in [0.29, 0.717) is 0 Å². The van der Waals surface area contributed by atoms with Gasteiger partial charge in [0.15, 0.2) is 0 Å². The van der Waals surface area contributed by atoms with Gasteiger partial charge in [-0.25, -0.2) is 9.48 Å². The molecule has 2 N–H and O–H groups in total. The number of rotatable bonds is 4. The standard InChI is InChI=1S/C10H16N4O3/c1-10(2,3)8(9(16)17)12-7(15)6-14-5-4-11-13-14/h4-5,8H,6H2,1-3H3,(H,12,15)(H,16,17). The summed E-state index contributed by atoms with van der Waals surface area (Å²) in [7, 11) is 0. The third-order valence-electron chi connectivity index (χ3n) is 2.20. The van der Waals surface area contributed by atoms with Gasteiger partial charge < -0.3 is 10.4 Å². The molecule has 1 amide bonds. The van der Waals surface area contributed by atoms with Crippen molar-refractivity contribution in [1.82, 2.24) is 20.3 Å². The number of hydrogen-bond acceptors (Lipinski definition) is 4. The summed E-state index contributed by atoms with van der Waals surface area (Å²) in [5.74, 6) is -1.46. The second kappa shape index (κ2) is 4.94. The zero-order valence-corrected chi connectivity index (χ0v) is 10.0. The van der Waals surface area contributed by atoms with E-state index in [2.05, 4.69) is 15.6 Å². The number of nitrogens with one attached hydrogen (secondary N) is 1. The molecule has 0 aliphatic heterocycles. The first-order valence-electron chi connectivity index (χ1n) is 5.17. The highest BCUT2D eigenvalue weighted by Gasteiger charge is 2.32. The normalized spacial score (nSPS) is 13.1. The second-order valence-electron chi connectivity index (χ2n) is 4.81. The minimum Gasteiger partial charge on any atom is -0.480 e. The molecule has 0 fully saturated rings. The maximum absolute atomic E-state index is 11.6. The van der Waals surface area contributed by atoms with E-state index in [1.807, 2.05) is 0 Å². The smallest absolute Gasteiger partial charge is 0.326 e. The number of carbonyl (C=O) groups excluding carboxylic acids is 1. The molecule has 0 spiro atoms. The van der Waals surface area contributed by atoms with E-state index in [0.717, 1.165) is 0 Å². The Morgan fingerprint density at radius 2 is 2.12 bits per heavy atom. The molecule has 94 valence electrons. The summed E-state index contributed by atoms with van der Waals surface area (Å²) in [6.45, 7) is 5.21. The van der Waals surface area contributed by atoms with E-state index in [1.54, 1.807) is 20.8 Å². The number of carboxylic acids is 1. The molecule has 0 aliphatic rings. The summed E-state index contributed by atoms with van der Waals surface area (Å²) < 4.78 is 1.33. The molecule has 1 heterocycles. The molecule has 1 unspecified atom stereocenters. The maximum atomic E-state index is 11.6. The highest BCUT2D eigenvalue weighted by atomic mass is 16.4. The molecule has 0 saturated carbocycles. The topological polar surface area (TPSA) is 97.1 Å². The highest BCUT2D eigenvalue weighted by Crippen LogP contribution is 2.19. The zero-order valence-electron chi connectivity index (χ0n) is 10.0. The Kier molecular flexibility index (Phi) is 3.82. The van der Waals surface area contributed by atoms with Crippen LogP contribution >= 0.6 is 0 Å². The van der Waals surface area contributed by atoms with Crippen molar-refractivity contribution in [3.8, 4) is 0 Å². The van der Waals surface area contributed by atoms with Gasteiger partial charge in [-0.3, -0.25) is 4.79 Å². The van der Waals surface area contributed by atoms with Crippen molar-refractivity contribution in [3.05, 3.63) is 12.4 Å². The molecule has 17 heavy (non-hydrogen) atoms. The van der Waals surface area contributed by atoms with Gasteiger partial charge in [-0.05, 0) is 5.41 Å². The number of aromatic nitrogens is 3. The molecule has 7 nitrogen and oxygen atoms in total. The predicted octanol–water partition coefficient (Wildman–Crippen LogP) is -0.106. The van der Waals surface area contributed by atoms with Gasteiger partial charge in [0.05, 0.1) is 6.20 Å². The van der Waals surface area contributed by atoms with Crippen LogP contribution < -0.4 is 5.32 Å². The lowest BCUT2D eigenvalue weighted by Gasteiger charge is -2.27. The molecule has 0 saturated heterocycles. The van der Waals surface area contributed by atoms with Crippen LogP contribution in [-0.2, 0) is 16.1 Å². The summed E-state index contributed by atoms with van der Waals surface area (Å²) in [6, 6.07) is -0.932. The van der Waals surface area contributed by atoms with E-state index >= 15 is 0 Å². The quantitative estimate of drug-likeness (QED) is 0.765. The lowest BCUT2D eigenvalue weighted by Crippen LogP contribution is -2.50. The van der Waals surface area contributed by atoms with Crippen molar-refractivity contribution in [3.63, 3.8) is 0 Å². The summed E-state index contributed by atoms with van der Waals surface area (Å²) in [5, 5.41) is 18.7. The molecule has 0 bridgehead atoms. The molecule has 0 aliphatic carbocycles. The lowest BCUT2D eigenvalue weighted by atomic mass is 9.87. The third kappa shape index (κ3) is 3.86. The number of hydrogen-bond donors (Lipinski definition) is 2. The summed E-state index contributed by atoms with van der Waals surface area (Å²) in [5.41, 5.74) is -0.552. The molecule has 7 heteroatoms. The van der Waals surface area contributed by atoms with Gasteiger partial charge in [0.1, 0.15) is 12.6 Å². The molecular weight excluding hydrogens is 224 g/mol. The van der Waals surface area contributed by atoms with E-state index in [1.165, 1.54) is 17.1 Å². The fourth-order valence-corrected chi connectivity index (χ4v) is 1.32. The van der Waals surface area contributed by atoms with Crippen LogP contribution in [0.25, 0.3) is 0 Å². The number of carboxylic acid groups (broad SMARTS) is 1. The zero-order chi connectivity index (χ0) is 13.1. The van der Waals surface area contributed by atoms with Crippen molar-refractivity contribution in [2.45, 2.75) is 33.4 Å². The molecule has 0 radical (unpaired) electrons. The van der Waals surface area contributed by atoms with Crippen LogP contribution in [0.15, 0.2) is 12.4 Å². The minimum atomic E-state index is -1.05. The SMILES string of the molecule is CC(C)(C)C(NC(=O)Cn1ccnn1)C(=O)O. The van der Waals surface area contributed by atoms with Gasteiger partial charge in [-0.1, -0.05) is 26.0 Å². The van der Waals surface area contributed by atoms with Crippen LogP contribution in [0.1, 0.15) is 20.8 Å². The van der Waals surface area contributed by atoms with Crippen LogP contribution in [0.3, 0.4) is 0 Å². The van der Waals surface area contributed by atoms with E-state index < -0.39 is 23.3 Å². The van der Waals surface area contributed by atoms with Gasteiger partial charge in [0.25, 0.3) is 0 Å². The molecule has 1 aromatic heterocycles.